The molecule has 2 aromatic carbocycles. The number of carbonyl (C=O) groups excluding carboxylic acids is 1. The zero-order valence-corrected chi connectivity index (χ0v) is 14.1. The Kier molecular flexibility index (Phi) is 3.51. The van der Waals surface area contributed by atoms with Crippen molar-refractivity contribution in [2.45, 2.75) is 36.5 Å². The van der Waals surface area contributed by atoms with Gasteiger partial charge in [0.05, 0.1) is 12.5 Å². The number of carbonyl (C=O) groups is 1. The Balaban J connectivity index is 2.07. The minimum atomic E-state index is -0.934. The average molecular weight is 328 g/mol. The van der Waals surface area contributed by atoms with E-state index in [1.54, 1.807) is 0 Å². The maximum absolute atomic E-state index is 13.3. The number of fused-ring (bicyclic) bond motifs is 2. The lowest BCUT2D eigenvalue weighted by atomic mass is 9.52. The standard InChI is InChI=1S/C22H20N2O/c1-2-21(13-7-9-16-8-3-4-10-17(16)21)22(14-15-23)18-11-5-6-12-19(18)24-20(22)25/h2-6,8,10-12H,1,7,9,13-14H2,(H,24,25)/t21?,22-/m1/s1. The summed E-state index contributed by atoms with van der Waals surface area (Å²) in [4.78, 5) is 13.3. The second-order valence-electron chi connectivity index (χ2n) is 6.93. The maximum Gasteiger partial charge on any atom is 0.237 e. The number of nitriles is 1. The minimum absolute atomic E-state index is 0.0909. The fraction of sp³-hybridized carbons (Fsp3) is 0.273. The maximum atomic E-state index is 13.3. The first-order valence-electron chi connectivity index (χ1n) is 8.69. The van der Waals surface area contributed by atoms with Gasteiger partial charge in [-0.2, -0.15) is 5.26 Å². The van der Waals surface area contributed by atoms with Crippen LogP contribution in [0.4, 0.5) is 5.69 Å². The second kappa shape index (κ2) is 5.60. The molecule has 2 atom stereocenters. The third-order valence-electron chi connectivity index (χ3n) is 5.99. The van der Waals surface area contributed by atoms with Gasteiger partial charge in [-0.15, -0.1) is 6.58 Å². The third kappa shape index (κ3) is 1.88. The van der Waals surface area contributed by atoms with Gasteiger partial charge in [0.25, 0.3) is 0 Å². The van der Waals surface area contributed by atoms with Crippen molar-refractivity contribution < 1.29 is 4.79 Å². The number of para-hydroxylation sites is 1. The van der Waals surface area contributed by atoms with E-state index in [-0.39, 0.29) is 12.3 Å². The molecule has 0 bridgehead atoms. The van der Waals surface area contributed by atoms with Gasteiger partial charge in [0.15, 0.2) is 0 Å². The summed E-state index contributed by atoms with van der Waals surface area (Å²) in [5, 5.41) is 12.7. The normalized spacial score (nSPS) is 26.9. The summed E-state index contributed by atoms with van der Waals surface area (Å²) < 4.78 is 0. The van der Waals surface area contributed by atoms with Crippen LogP contribution in [-0.4, -0.2) is 5.91 Å². The van der Waals surface area contributed by atoms with Crippen molar-refractivity contribution in [1.82, 2.24) is 0 Å². The summed E-state index contributed by atoms with van der Waals surface area (Å²) in [6.07, 6.45) is 4.85. The van der Waals surface area contributed by atoms with Gasteiger partial charge < -0.3 is 5.32 Å². The van der Waals surface area contributed by atoms with Crippen LogP contribution in [0, 0.1) is 11.3 Å². The van der Waals surface area contributed by atoms with Gasteiger partial charge in [-0.1, -0.05) is 48.5 Å². The molecule has 4 rings (SSSR count). The molecule has 2 aliphatic rings. The summed E-state index contributed by atoms with van der Waals surface area (Å²) in [5.41, 5.74) is 2.61. The molecule has 1 amide bonds. The van der Waals surface area contributed by atoms with E-state index in [1.807, 2.05) is 42.5 Å². The Morgan fingerprint density at radius 1 is 1.16 bits per heavy atom. The zero-order chi connectivity index (χ0) is 17.5. The summed E-state index contributed by atoms with van der Waals surface area (Å²) in [6, 6.07) is 18.3. The number of nitrogens with one attached hydrogen (secondary N) is 1. The predicted octanol–water partition coefficient (Wildman–Crippen LogP) is 4.25. The molecule has 124 valence electrons. The summed E-state index contributed by atoms with van der Waals surface area (Å²) in [7, 11) is 0. The van der Waals surface area contributed by atoms with E-state index < -0.39 is 10.8 Å². The van der Waals surface area contributed by atoms with Gasteiger partial charge in [-0.05, 0) is 42.0 Å². The highest BCUT2D eigenvalue weighted by Gasteiger charge is 2.61. The Labute approximate surface area is 148 Å². The largest absolute Gasteiger partial charge is 0.325 e. The highest BCUT2D eigenvalue weighted by Crippen LogP contribution is 2.57. The third-order valence-corrected chi connectivity index (χ3v) is 5.99. The number of hydrogen-bond acceptors (Lipinski definition) is 2. The molecule has 0 saturated heterocycles. The van der Waals surface area contributed by atoms with Crippen molar-refractivity contribution in [1.29, 1.82) is 5.26 Å². The lowest BCUT2D eigenvalue weighted by molar-refractivity contribution is -0.123. The fourth-order valence-corrected chi connectivity index (χ4v) is 4.91. The van der Waals surface area contributed by atoms with Gasteiger partial charge in [0.1, 0.15) is 5.41 Å². The number of anilines is 1. The van der Waals surface area contributed by atoms with E-state index in [4.69, 9.17) is 0 Å². The quantitative estimate of drug-likeness (QED) is 0.856. The Bertz CT molecular complexity index is 910. The second-order valence-corrected chi connectivity index (χ2v) is 6.93. The van der Waals surface area contributed by atoms with Crippen LogP contribution < -0.4 is 5.32 Å². The molecule has 0 radical (unpaired) electrons. The molecule has 2 aromatic rings. The molecule has 25 heavy (non-hydrogen) atoms. The number of nitrogens with zero attached hydrogens (tertiary/aromatic N) is 1. The van der Waals surface area contributed by atoms with Crippen molar-refractivity contribution >= 4 is 11.6 Å². The van der Waals surface area contributed by atoms with Crippen molar-refractivity contribution in [2.75, 3.05) is 5.32 Å². The minimum Gasteiger partial charge on any atom is -0.325 e. The average Bonchev–Trinajstić information content (AvgIpc) is 2.94. The van der Waals surface area contributed by atoms with Gasteiger partial charge in [-0.25, -0.2) is 0 Å². The van der Waals surface area contributed by atoms with Crippen molar-refractivity contribution in [2.24, 2.45) is 0 Å². The summed E-state index contributed by atoms with van der Waals surface area (Å²) in [5.74, 6) is -0.0909. The van der Waals surface area contributed by atoms with Crippen LogP contribution in [0.25, 0.3) is 0 Å². The highest BCUT2D eigenvalue weighted by molar-refractivity contribution is 6.08. The number of aryl methyl sites for hydroxylation is 1. The molecule has 0 fully saturated rings. The number of rotatable bonds is 3. The van der Waals surface area contributed by atoms with E-state index in [1.165, 1.54) is 5.56 Å². The molecule has 3 heteroatoms. The Hall–Kier alpha value is -2.86. The van der Waals surface area contributed by atoms with E-state index in [0.717, 1.165) is 36.1 Å². The molecule has 3 nitrogen and oxygen atoms in total. The van der Waals surface area contributed by atoms with Crippen LogP contribution in [0.1, 0.15) is 36.0 Å². The number of allylic oxidation sites excluding steroid dienone is 1. The summed E-state index contributed by atoms with van der Waals surface area (Å²) >= 11 is 0. The monoisotopic (exact) mass is 328 g/mol. The number of benzene rings is 2. The fourth-order valence-electron chi connectivity index (χ4n) is 4.91. The molecular weight excluding hydrogens is 308 g/mol. The van der Waals surface area contributed by atoms with Crippen LogP contribution in [0.2, 0.25) is 0 Å². The van der Waals surface area contributed by atoms with E-state index >= 15 is 0 Å². The molecule has 1 heterocycles. The zero-order valence-electron chi connectivity index (χ0n) is 14.1. The van der Waals surface area contributed by atoms with Gasteiger partial charge >= 0.3 is 0 Å². The van der Waals surface area contributed by atoms with Gasteiger partial charge in [0, 0.05) is 11.1 Å². The van der Waals surface area contributed by atoms with Crippen LogP contribution in [0.15, 0.2) is 61.2 Å². The predicted molar refractivity (Wildman–Crippen MR) is 98.2 cm³/mol. The Morgan fingerprint density at radius 3 is 2.64 bits per heavy atom. The lowest BCUT2D eigenvalue weighted by Crippen LogP contribution is -2.54. The Morgan fingerprint density at radius 2 is 1.88 bits per heavy atom. The topological polar surface area (TPSA) is 52.9 Å². The van der Waals surface area contributed by atoms with Crippen LogP contribution in [-0.2, 0) is 22.0 Å². The first-order chi connectivity index (χ1) is 12.2. The molecule has 1 aliphatic heterocycles. The number of amides is 1. The molecule has 1 N–H and O–H groups in total. The van der Waals surface area contributed by atoms with Crippen LogP contribution in [0.5, 0.6) is 0 Å². The van der Waals surface area contributed by atoms with Crippen LogP contribution in [0.3, 0.4) is 0 Å². The number of hydrogen-bond donors (Lipinski definition) is 1. The SMILES string of the molecule is C=CC1([C@@]2(CC#N)C(=O)Nc3ccccc32)CCCc2ccccc21. The molecule has 1 aliphatic carbocycles. The smallest absolute Gasteiger partial charge is 0.237 e. The molecule has 0 spiro atoms. The first kappa shape index (κ1) is 15.7. The van der Waals surface area contributed by atoms with Crippen molar-refractivity contribution in [3.63, 3.8) is 0 Å². The van der Waals surface area contributed by atoms with Crippen molar-refractivity contribution in [3.05, 3.63) is 77.9 Å². The molecular formula is C22H20N2O. The van der Waals surface area contributed by atoms with Crippen LogP contribution >= 0.6 is 0 Å². The van der Waals surface area contributed by atoms with E-state index in [2.05, 4.69) is 30.1 Å². The first-order valence-corrected chi connectivity index (χ1v) is 8.69. The van der Waals surface area contributed by atoms with Crippen molar-refractivity contribution in [3.8, 4) is 6.07 Å². The molecule has 0 aromatic heterocycles. The summed E-state index contributed by atoms with van der Waals surface area (Å²) in [6.45, 7) is 4.15. The van der Waals surface area contributed by atoms with Gasteiger partial charge in [-0.3, -0.25) is 4.79 Å². The lowest BCUT2D eigenvalue weighted by Gasteiger charge is -2.48. The van der Waals surface area contributed by atoms with E-state index in [9.17, 15) is 10.1 Å². The highest BCUT2D eigenvalue weighted by atomic mass is 16.2. The molecule has 0 saturated carbocycles. The van der Waals surface area contributed by atoms with Gasteiger partial charge in [0.2, 0.25) is 5.91 Å². The van der Waals surface area contributed by atoms with E-state index in [0.29, 0.717) is 0 Å². The molecule has 1 unspecified atom stereocenters.